The molecule has 1 saturated heterocycles. The lowest BCUT2D eigenvalue weighted by atomic mass is 10.2. The van der Waals surface area contributed by atoms with E-state index in [1.807, 2.05) is 10.3 Å². The molecule has 33 heavy (non-hydrogen) atoms. The molecule has 0 radical (unpaired) electrons. The second-order valence-electron chi connectivity index (χ2n) is 7.55. The quantitative estimate of drug-likeness (QED) is 0.451. The zero-order chi connectivity index (χ0) is 23.0. The summed E-state index contributed by atoms with van der Waals surface area (Å²) < 4.78 is 42.0. The Labute approximate surface area is 190 Å². The van der Waals surface area contributed by atoms with Crippen LogP contribution in [-0.2, 0) is 12.7 Å². The first-order valence-corrected chi connectivity index (χ1v) is 11.1. The molecule has 1 aliphatic rings. The lowest BCUT2D eigenvalue weighted by molar-refractivity contribution is -0.141. The molecule has 12 heteroatoms. The van der Waals surface area contributed by atoms with Gasteiger partial charge in [0.05, 0.1) is 5.69 Å². The molecule has 0 aliphatic carbocycles. The van der Waals surface area contributed by atoms with Crippen molar-refractivity contribution in [2.75, 3.05) is 31.1 Å². The minimum Gasteiger partial charge on any atom is -0.354 e. The number of hydrogen-bond acceptors (Lipinski definition) is 8. The van der Waals surface area contributed by atoms with Crippen molar-refractivity contribution in [1.29, 1.82) is 0 Å². The van der Waals surface area contributed by atoms with E-state index in [0.717, 1.165) is 6.07 Å². The average molecular weight is 473 g/mol. The van der Waals surface area contributed by atoms with E-state index >= 15 is 0 Å². The van der Waals surface area contributed by atoms with Gasteiger partial charge in [-0.15, -0.1) is 11.3 Å². The summed E-state index contributed by atoms with van der Waals surface area (Å²) in [4.78, 5) is 33.4. The molecule has 8 nitrogen and oxygen atoms in total. The monoisotopic (exact) mass is 473 g/mol. The molecule has 0 atom stereocenters. The van der Waals surface area contributed by atoms with E-state index in [2.05, 4.69) is 24.8 Å². The van der Waals surface area contributed by atoms with Crippen molar-refractivity contribution in [1.82, 2.24) is 29.2 Å². The third kappa shape index (κ3) is 4.57. The fraction of sp³-hybridized carbons (Fsp3) is 0.286. The summed E-state index contributed by atoms with van der Waals surface area (Å²) in [6, 6.07) is 7.44. The van der Waals surface area contributed by atoms with Crippen molar-refractivity contribution in [3.63, 3.8) is 0 Å². The minimum atomic E-state index is -4.59. The van der Waals surface area contributed by atoms with Gasteiger partial charge >= 0.3 is 6.18 Å². The Morgan fingerprint density at radius 2 is 1.85 bits per heavy atom. The number of fused-ring (bicyclic) bond motifs is 1. The molecule has 5 heterocycles. The Bertz CT molecular complexity index is 1330. The van der Waals surface area contributed by atoms with Gasteiger partial charge in [0.2, 0.25) is 0 Å². The van der Waals surface area contributed by atoms with E-state index in [1.54, 1.807) is 24.4 Å². The maximum absolute atomic E-state index is 13.5. The third-order valence-corrected chi connectivity index (χ3v) is 6.09. The lowest BCUT2D eigenvalue weighted by Crippen LogP contribution is -2.46. The minimum absolute atomic E-state index is 0.0585. The van der Waals surface area contributed by atoms with Gasteiger partial charge in [-0.2, -0.15) is 13.2 Å². The fourth-order valence-electron chi connectivity index (χ4n) is 3.68. The zero-order valence-electron chi connectivity index (χ0n) is 17.2. The first-order chi connectivity index (χ1) is 15.9. The van der Waals surface area contributed by atoms with Crippen molar-refractivity contribution in [2.24, 2.45) is 0 Å². The number of halogens is 3. The molecule has 0 saturated carbocycles. The molecular weight excluding hydrogens is 455 g/mol. The highest BCUT2D eigenvalue weighted by molar-refractivity contribution is 7.15. The number of alkyl halides is 3. The number of anilines is 1. The number of hydrogen-bond donors (Lipinski definition) is 0. The molecule has 0 N–H and O–H groups in total. The number of piperazine rings is 1. The van der Waals surface area contributed by atoms with Crippen LogP contribution in [0.2, 0.25) is 0 Å². The summed E-state index contributed by atoms with van der Waals surface area (Å²) in [5.74, 6) is 0.158. The fourth-order valence-corrected chi connectivity index (χ4v) is 4.42. The van der Waals surface area contributed by atoms with Crippen molar-refractivity contribution < 1.29 is 13.2 Å². The largest absolute Gasteiger partial charge is 0.433 e. The van der Waals surface area contributed by atoms with E-state index in [9.17, 15) is 18.0 Å². The summed E-state index contributed by atoms with van der Waals surface area (Å²) in [5.41, 5.74) is -0.165. The third-order valence-electron chi connectivity index (χ3n) is 5.34. The molecule has 0 spiro atoms. The van der Waals surface area contributed by atoms with E-state index in [-0.39, 0.29) is 22.9 Å². The predicted octanol–water partition coefficient (Wildman–Crippen LogP) is 2.95. The molecule has 5 rings (SSSR count). The van der Waals surface area contributed by atoms with Crippen LogP contribution in [0, 0.1) is 0 Å². The highest BCUT2D eigenvalue weighted by Gasteiger charge is 2.35. The Balaban J connectivity index is 1.34. The summed E-state index contributed by atoms with van der Waals surface area (Å²) in [7, 11) is 0. The summed E-state index contributed by atoms with van der Waals surface area (Å²) >= 11 is 1.39. The maximum atomic E-state index is 13.5. The van der Waals surface area contributed by atoms with Crippen molar-refractivity contribution in [3.05, 3.63) is 69.8 Å². The molecule has 1 fully saturated rings. The molecular formula is C21H18F3N7OS. The van der Waals surface area contributed by atoms with E-state index in [4.69, 9.17) is 0 Å². The molecule has 0 unspecified atom stereocenters. The Morgan fingerprint density at radius 3 is 2.58 bits per heavy atom. The summed E-state index contributed by atoms with van der Waals surface area (Å²) in [6.45, 7) is 2.65. The van der Waals surface area contributed by atoms with Crippen molar-refractivity contribution in [2.45, 2.75) is 12.7 Å². The van der Waals surface area contributed by atoms with Crippen LogP contribution in [0.3, 0.4) is 0 Å². The van der Waals surface area contributed by atoms with Crippen LogP contribution in [-0.4, -0.2) is 55.4 Å². The standard InChI is InChI=1S/C21H18F3N7OS/c22-21(23,24)16-12-17(28-19(27-16)15-3-1-2-4-25-15)30-7-5-29(6-8-30)13-14-11-18(32)31-9-10-33-20(31)26-14/h1-4,9-12H,5-8,13H2. The molecule has 1 aliphatic heterocycles. The molecule has 0 aromatic carbocycles. The zero-order valence-corrected chi connectivity index (χ0v) is 18.1. The molecule has 0 bridgehead atoms. The van der Waals surface area contributed by atoms with Crippen LogP contribution in [0.1, 0.15) is 11.4 Å². The summed E-state index contributed by atoms with van der Waals surface area (Å²) in [5, 5.41) is 1.81. The normalized spacial score (nSPS) is 15.3. The summed E-state index contributed by atoms with van der Waals surface area (Å²) in [6.07, 6.45) is -1.41. The maximum Gasteiger partial charge on any atom is 0.433 e. The van der Waals surface area contributed by atoms with Gasteiger partial charge in [-0.1, -0.05) is 6.07 Å². The number of rotatable bonds is 4. The van der Waals surface area contributed by atoms with Crippen LogP contribution in [0.25, 0.3) is 16.5 Å². The SMILES string of the molecule is O=c1cc(CN2CCN(c3cc(C(F)(F)F)nc(-c4ccccn4)n3)CC2)nc2sccn12. The molecule has 4 aromatic heterocycles. The number of pyridine rings is 1. The smallest absolute Gasteiger partial charge is 0.354 e. The van der Waals surface area contributed by atoms with Crippen molar-refractivity contribution in [3.8, 4) is 11.5 Å². The van der Waals surface area contributed by atoms with E-state index in [0.29, 0.717) is 43.4 Å². The molecule has 4 aromatic rings. The van der Waals surface area contributed by atoms with Crippen LogP contribution in [0.15, 0.2) is 52.9 Å². The predicted molar refractivity (Wildman–Crippen MR) is 117 cm³/mol. The lowest BCUT2D eigenvalue weighted by Gasteiger charge is -2.35. The van der Waals surface area contributed by atoms with Gasteiger partial charge in [-0.25, -0.2) is 15.0 Å². The topological polar surface area (TPSA) is 79.5 Å². The molecule has 170 valence electrons. The van der Waals surface area contributed by atoms with E-state index in [1.165, 1.54) is 28.0 Å². The average Bonchev–Trinajstić information content (AvgIpc) is 3.29. The highest BCUT2D eigenvalue weighted by atomic mass is 32.1. The van der Waals surface area contributed by atoms with Crippen LogP contribution in [0.5, 0.6) is 0 Å². The van der Waals surface area contributed by atoms with Gasteiger partial charge < -0.3 is 4.90 Å². The number of aromatic nitrogens is 5. The van der Waals surface area contributed by atoms with Gasteiger partial charge in [0.1, 0.15) is 11.5 Å². The number of thiazole rings is 1. The number of nitrogens with zero attached hydrogens (tertiary/aromatic N) is 7. The van der Waals surface area contributed by atoms with Gasteiger partial charge in [0.25, 0.3) is 5.56 Å². The second kappa shape index (κ2) is 8.52. The Kier molecular flexibility index (Phi) is 5.54. The van der Waals surface area contributed by atoms with Crippen molar-refractivity contribution >= 4 is 22.1 Å². The van der Waals surface area contributed by atoms with Gasteiger partial charge in [0.15, 0.2) is 16.5 Å². The van der Waals surface area contributed by atoms with Crippen LogP contribution in [0.4, 0.5) is 19.0 Å². The molecule has 0 amide bonds. The second-order valence-corrected chi connectivity index (χ2v) is 8.43. The van der Waals surface area contributed by atoms with Gasteiger partial charge in [0, 0.05) is 62.6 Å². The van der Waals surface area contributed by atoms with Gasteiger partial charge in [-0.05, 0) is 12.1 Å². The highest BCUT2D eigenvalue weighted by Crippen LogP contribution is 2.31. The van der Waals surface area contributed by atoms with Crippen LogP contribution < -0.4 is 10.5 Å². The Morgan fingerprint density at radius 1 is 1.03 bits per heavy atom. The first kappa shape index (κ1) is 21.5. The van der Waals surface area contributed by atoms with Gasteiger partial charge in [-0.3, -0.25) is 19.1 Å². The first-order valence-electron chi connectivity index (χ1n) is 10.2. The van der Waals surface area contributed by atoms with E-state index < -0.39 is 11.9 Å². The van der Waals surface area contributed by atoms with Crippen LogP contribution >= 0.6 is 11.3 Å². The Hall–Kier alpha value is -3.38.